The van der Waals surface area contributed by atoms with Crippen molar-refractivity contribution in [3.05, 3.63) is 57.9 Å². The molecule has 162 valence electrons. The number of thiophene rings is 1. The van der Waals surface area contributed by atoms with Crippen molar-refractivity contribution in [2.75, 3.05) is 12.4 Å². The summed E-state index contributed by atoms with van der Waals surface area (Å²) in [5, 5.41) is 4.64. The van der Waals surface area contributed by atoms with Crippen LogP contribution >= 0.6 is 22.9 Å². The summed E-state index contributed by atoms with van der Waals surface area (Å²) in [7, 11) is 1.58. The van der Waals surface area contributed by atoms with Gasteiger partial charge in [0.05, 0.1) is 12.1 Å². The van der Waals surface area contributed by atoms with Crippen molar-refractivity contribution in [1.29, 1.82) is 0 Å². The van der Waals surface area contributed by atoms with E-state index in [1.54, 1.807) is 25.3 Å². The number of anilines is 1. The van der Waals surface area contributed by atoms with Crippen molar-refractivity contribution >= 4 is 50.5 Å². The van der Waals surface area contributed by atoms with Crippen LogP contribution in [0.3, 0.4) is 0 Å². The number of amides is 2. The third kappa shape index (κ3) is 4.94. The van der Waals surface area contributed by atoms with Crippen LogP contribution in [0.15, 0.2) is 42.5 Å². The van der Waals surface area contributed by atoms with Gasteiger partial charge in [-0.15, -0.1) is 11.3 Å². The lowest BCUT2D eigenvalue weighted by Gasteiger charge is -2.23. The van der Waals surface area contributed by atoms with E-state index >= 15 is 0 Å². The molecule has 3 aromatic rings. The summed E-state index contributed by atoms with van der Waals surface area (Å²) in [6.45, 7) is 0. The molecule has 0 aliphatic heterocycles. The van der Waals surface area contributed by atoms with E-state index in [-0.39, 0.29) is 0 Å². The van der Waals surface area contributed by atoms with Crippen LogP contribution in [-0.4, -0.2) is 25.0 Å². The molecule has 8 heteroatoms. The second kappa shape index (κ2) is 9.58. The van der Waals surface area contributed by atoms with Crippen LogP contribution in [0.1, 0.15) is 52.1 Å². The van der Waals surface area contributed by atoms with Gasteiger partial charge in [0.15, 0.2) is 0 Å². The molecule has 1 aromatic heterocycles. The number of fused-ring (bicyclic) bond motifs is 1. The molecule has 0 unspecified atom stereocenters. The van der Waals surface area contributed by atoms with Crippen molar-refractivity contribution < 1.29 is 14.3 Å². The SMILES string of the molecule is COc1ccc2c(Cl)c(C(=O)NNC(=O)c3ccc(NC4CCCCC4)cc3)sc2c1. The minimum absolute atomic E-state index is 0.331. The van der Waals surface area contributed by atoms with Gasteiger partial charge in [-0.1, -0.05) is 30.9 Å². The molecular formula is C23H24ClN3O3S. The fourth-order valence-corrected chi connectivity index (χ4v) is 5.20. The molecule has 0 radical (unpaired) electrons. The number of carbonyl (C=O) groups is 2. The standard InChI is InChI=1S/C23H24ClN3O3S/c1-30-17-11-12-18-19(13-17)31-21(20(18)24)23(29)27-26-22(28)14-7-9-16(10-8-14)25-15-5-3-2-4-6-15/h7-13,15,25H,2-6H2,1H3,(H,26,28)(H,27,29). The Bertz CT molecular complexity index is 1090. The zero-order valence-electron chi connectivity index (χ0n) is 17.2. The second-order valence-electron chi connectivity index (χ2n) is 7.57. The summed E-state index contributed by atoms with van der Waals surface area (Å²) in [4.78, 5) is 25.3. The molecule has 1 aliphatic rings. The normalized spacial score (nSPS) is 14.3. The number of nitrogens with one attached hydrogen (secondary N) is 3. The quantitative estimate of drug-likeness (QED) is 0.449. The first kappa shape index (κ1) is 21.5. The van der Waals surface area contributed by atoms with Crippen LogP contribution in [0.2, 0.25) is 5.02 Å². The van der Waals surface area contributed by atoms with Gasteiger partial charge < -0.3 is 10.1 Å². The highest BCUT2D eigenvalue weighted by Gasteiger charge is 2.18. The molecule has 4 rings (SSSR count). The van der Waals surface area contributed by atoms with Crippen LogP contribution < -0.4 is 20.9 Å². The fraction of sp³-hybridized carbons (Fsp3) is 0.304. The number of ether oxygens (including phenoxy) is 1. The first-order valence-corrected chi connectivity index (χ1v) is 11.5. The van der Waals surface area contributed by atoms with E-state index in [1.165, 1.54) is 43.4 Å². The van der Waals surface area contributed by atoms with E-state index in [9.17, 15) is 9.59 Å². The maximum atomic E-state index is 12.6. The monoisotopic (exact) mass is 457 g/mol. The molecule has 0 saturated heterocycles. The number of hydrogen-bond donors (Lipinski definition) is 3. The molecule has 2 aromatic carbocycles. The molecule has 1 aliphatic carbocycles. The molecule has 0 bridgehead atoms. The Morgan fingerprint density at radius 1 is 1.00 bits per heavy atom. The van der Waals surface area contributed by atoms with E-state index in [4.69, 9.17) is 16.3 Å². The molecule has 31 heavy (non-hydrogen) atoms. The fourth-order valence-electron chi connectivity index (χ4n) is 3.76. The smallest absolute Gasteiger partial charge is 0.281 e. The Morgan fingerprint density at radius 3 is 2.42 bits per heavy atom. The summed E-state index contributed by atoms with van der Waals surface area (Å²) in [6.07, 6.45) is 6.19. The highest BCUT2D eigenvalue weighted by molar-refractivity contribution is 7.21. The summed E-state index contributed by atoms with van der Waals surface area (Å²) in [5.41, 5.74) is 6.36. The predicted molar refractivity (Wildman–Crippen MR) is 125 cm³/mol. The third-order valence-electron chi connectivity index (χ3n) is 5.46. The Hall–Kier alpha value is -2.77. The average molecular weight is 458 g/mol. The van der Waals surface area contributed by atoms with Crippen molar-refractivity contribution in [2.24, 2.45) is 0 Å². The molecule has 1 saturated carbocycles. The lowest BCUT2D eigenvalue weighted by Crippen LogP contribution is -2.41. The van der Waals surface area contributed by atoms with Crippen LogP contribution in [-0.2, 0) is 0 Å². The Labute approximate surface area is 189 Å². The lowest BCUT2D eigenvalue weighted by atomic mass is 9.95. The van der Waals surface area contributed by atoms with Crippen molar-refractivity contribution in [3.8, 4) is 5.75 Å². The van der Waals surface area contributed by atoms with Crippen LogP contribution in [0.4, 0.5) is 5.69 Å². The van der Waals surface area contributed by atoms with Crippen LogP contribution in [0, 0.1) is 0 Å². The molecule has 2 amide bonds. The topological polar surface area (TPSA) is 79.5 Å². The molecule has 3 N–H and O–H groups in total. The zero-order chi connectivity index (χ0) is 21.8. The highest BCUT2D eigenvalue weighted by atomic mass is 35.5. The minimum atomic E-state index is -0.464. The van der Waals surface area contributed by atoms with E-state index in [0.717, 1.165) is 15.8 Å². The van der Waals surface area contributed by atoms with Crippen molar-refractivity contribution in [3.63, 3.8) is 0 Å². The minimum Gasteiger partial charge on any atom is -0.497 e. The largest absolute Gasteiger partial charge is 0.497 e. The number of rotatable bonds is 5. The van der Waals surface area contributed by atoms with Gasteiger partial charge in [0, 0.05) is 27.4 Å². The number of hydrogen-bond acceptors (Lipinski definition) is 5. The van der Waals surface area contributed by atoms with Crippen LogP contribution in [0.5, 0.6) is 5.75 Å². The Balaban J connectivity index is 1.36. The lowest BCUT2D eigenvalue weighted by molar-refractivity contribution is 0.0849. The number of methoxy groups -OCH3 is 1. The third-order valence-corrected chi connectivity index (χ3v) is 7.11. The van der Waals surface area contributed by atoms with Crippen LogP contribution in [0.25, 0.3) is 10.1 Å². The van der Waals surface area contributed by atoms with Gasteiger partial charge in [0.2, 0.25) is 0 Å². The molecule has 0 atom stereocenters. The maximum absolute atomic E-state index is 12.6. The van der Waals surface area contributed by atoms with Gasteiger partial charge in [-0.2, -0.15) is 0 Å². The number of benzene rings is 2. The first-order chi connectivity index (χ1) is 15.0. The molecule has 1 fully saturated rings. The summed E-state index contributed by atoms with van der Waals surface area (Å²) >= 11 is 7.61. The summed E-state index contributed by atoms with van der Waals surface area (Å²) in [6, 6.07) is 13.2. The maximum Gasteiger partial charge on any atom is 0.281 e. The van der Waals surface area contributed by atoms with E-state index in [0.29, 0.717) is 27.3 Å². The Kier molecular flexibility index (Phi) is 6.63. The Morgan fingerprint density at radius 2 is 1.71 bits per heavy atom. The molecular weight excluding hydrogens is 434 g/mol. The average Bonchev–Trinajstić information content (AvgIpc) is 3.14. The molecule has 6 nitrogen and oxygen atoms in total. The van der Waals surface area contributed by atoms with Gasteiger partial charge in [-0.3, -0.25) is 20.4 Å². The van der Waals surface area contributed by atoms with Gasteiger partial charge in [-0.05, 0) is 55.3 Å². The predicted octanol–water partition coefficient (Wildman–Crippen LogP) is 5.38. The second-order valence-corrected chi connectivity index (χ2v) is 9.00. The van der Waals surface area contributed by atoms with E-state index in [2.05, 4.69) is 16.2 Å². The summed E-state index contributed by atoms with van der Waals surface area (Å²) in [5.74, 6) is -0.169. The first-order valence-electron chi connectivity index (χ1n) is 10.3. The highest BCUT2D eigenvalue weighted by Crippen LogP contribution is 2.37. The van der Waals surface area contributed by atoms with Gasteiger partial charge >= 0.3 is 0 Å². The van der Waals surface area contributed by atoms with E-state index in [1.807, 2.05) is 24.3 Å². The van der Waals surface area contributed by atoms with Crippen molar-refractivity contribution in [2.45, 2.75) is 38.1 Å². The van der Waals surface area contributed by atoms with Gasteiger partial charge in [-0.25, -0.2) is 0 Å². The molecule has 0 spiro atoms. The van der Waals surface area contributed by atoms with Gasteiger partial charge in [0.1, 0.15) is 10.6 Å². The summed E-state index contributed by atoms with van der Waals surface area (Å²) < 4.78 is 6.05. The zero-order valence-corrected chi connectivity index (χ0v) is 18.7. The number of carbonyl (C=O) groups excluding carboxylic acids is 2. The number of hydrazine groups is 1. The van der Waals surface area contributed by atoms with Crippen molar-refractivity contribution in [1.82, 2.24) is 10.9 Å². The molecule has 1 heterocycles. The number of halogens is 1. The van der Waals surface area contributed by atoms with Gasteiger partial charge in [0.25, 0.3) is 11.8 Å². The van der Waals surface area contributed by atoms with E-state index < -0.39 is 11.8 Å².